The van der Waals surface area contributed by atoms with Crippen LogP contribution in [0.1, 0.15) is 35.9 Å². The second-order valence-electron chi connectivity index (χ2n) is 4.96. The molecular weight excluding hydrogens is 270 g/mol. The molecule has 3 nitrogen and oxygen atoms in total. The molecule has 0 atom stereocenters. The zero-order valence-corrected chi connectivity index (χ0v) is 12.6. The number of hydrogen-bond acceptors (Lipinski definition) is 3. The number of thiazole rings is 1. The number of carbonyl (C=O) groups is 1. The fourth-order valence-corrected chi connectivity index (χ4v) is 3.04. The van der Waals surface area contributed by atoms with E-state index in [0.717, 1.165) is 21.1 Å². The van der Waals surface area contributed by atoms with Crippen molar-refractivity contribution in [1.29, 1.82) is 0 Å². The lowest BCUT2D eigenvalue weighted by Gasteiger charge is -2.01. The highest BCUT2D eigenvalue weighted by atomic mass is 32.1. The number of aromatic nitrogens is 1. The largest absolute Gasteiger partial charge is 0.478 e. The Balaban J connectivity index is 2.46. The van der Waals surface area contributed by atoms with Gasteiger partial charge in [0.15, 0.2) is 0 Å². The van der Waals surface area contributed by atoms with Gasteiger partial charge in [0.1, 0.15) is 5.01 Å². The van der Waals surface area contributed by atoms with Crippen LogP contribution in [0.3, 0.4) is 0 Å². The average molecular weight is 287 g/mol. The van der Waals surface area contributed by atoms with Crippen LogP contribution in [0.2, 0.25) is 0 Å². The molecule has 1 heterocycles. The molecule has 0 saturated heterocycles. The molecule has 0 fully saturated rings. The van der Waals surface area contributed by atoms with Gasteiger partial charge >= 0.3 is 5.97 Å². The summed E-state index contributed by atoms with van der Waals surface area (Å²) in [5.41, 5.74) is 3.21. The van der Waals surface area contributed by atoms with Crippen molar-refractivity contribution in [1.82, 2.24) is 4.98 Å². The molecule has 0 amide bonds. The van der Waals surface area contributed by atoms with Crippen LogP contribution in [-0.4, -0.2) is 16.1 Å². The van der Waals surface area contributed by atoms with Gasteiger partial charge < -0.3 is 5.11 Å². The Hall–Kier alpha value is -1.94. The number of hydrogen-bond donors (Lipinski definition) is 1. The van der Waals surface area contributed by atoms with E-state index in [0.29, 0.717) is 0 Å². The number of nitrogens with zero attached hydrogens (tertiary/aromatic N) is 1. The third kappa shape index (κ3) is 3.33. The Kier molecular flexibility index (Phi) is 4.35. The minimum Gasteiger partial charge on any atom is -0.478 e. The molecule has 0 spiro atoms. The summed E-state index contributed by atoms with van der Waals surface area (Å²) in [5.74, 6) is -0.677. The number of carboxylic acid groups (broad SMARTS) is 1. The van der Waals surface area contributed by atoms with Gasteiger partial charge in [-0.2, -0.15) is 0 Å². The Morgan fingerprint density at radius 2 is 2.15 bits per heavy atom. The number of carboxylic acids is 1. The smallest absolute Gasteiger partial charge is 0.328 e. The van der Waals surface area contributed by atoms with Crippen LogP contribution in [0.4, 0.5) is 0 Å². The van der Waals surface area contributed by atoms with E-state index in [1.807, 2.05) is 25.1 Å². The van der Waals surface area contributed by atoms with E-state index in [9.17, 15) is 4.79 Å². The maximum absolute atomic E-state index is 10.7. The van der Waals surface area contributed by atoms with E-state index in [4.69, 9.17) is 5.11 Å². The SMILES string of the molecule is Cc1cccc(-c2nc(C(C)C)c(/C=C/C(=O)O)s2)c1. The van der Waals surface area contributed by atoms with Crippen molar-refractivity contribution in [3.05, 3.63) is 46.5 Å². The normalized spacial score (nSPS) is 11.4. The zero-order chi connectivity index (χ0) is 14.7. The van der Waals surface area contributed by atoms with E-state index >= 15 is 0 Å². The predicted molar refractivity (Wildman–Crippen MR) is 83.0 cm³/mol. The minimum atomic E-state index is -0.940. The first-order valence-corrected chi connectivity index (χ1v) is 7.28. The summed E-state index contributed by atoms with van der Waals surface area (Å²) in [7, 11) is 0. The second-order valence-corrected chi connectivity index (χ2v) is 5.99. The minimum absolute atomic E-state index is 0.262. The number of aliphatic carboxylic acids is 1. The van der Waals surface area contributed by atoms with Crippen molar-refractivity contribution >= 4 is 23.4 Å². The number of rotatable bonds is 4. The Bertz CT molecular complexity index is 656. The summed E-state index contributed by atoms with van der Waals surface area (Å²) in [6, 6.07) is 8.17. The first-order chi connectivity index (χ1) is 9.47. The molecule has 1 N–H and O–H groups in total. The molecule has 1 aromatic heterocycles. The number of benzene rings is 1. The summed E-state index contributed by atoms with van der Waals surface area (Å²) < 4.78 is 0. The average Bonchev–Trinajstić information content (AvgIpc) is 2.80. The monoisotopic (exact) mass is 287 g/mol. The first-order valence-electron chi connectivity index (χ1n) is 6.46. The van der Waals surface area contributed by atoms with Crippen LogP contribution in [0, 0.1) is 6.92 Å². The van der Waals surface area contributed by atoms with Gasteiger partial charge in [0.2, 0.25) is 0 Å². The molecular formula is C16H17NO2S. The van der Waals surface area contributed by atoms with Gasteiger partial charge in [-0.1, -0.05) is 37.6 Å². The van der Waals surface area contributed by atoms with E-state index < -0.39 is 5.97 Å². The molecule has 0 saturated carbocycles. The molecule has 2 rings (SSSR count). The second kappa shape index (κ2) is 6.01. The number of aryl methyl sites for hydroxylation is 1. The van der Waals surface area contributed by atoms with Crippen molar-refractivity contribution in [2.75, 3.05) is 0 Å². The van der Waals surface area contributed by atoms with Crippen molar-refractivity contribution in [3.8, 4) is 10.6 Å². The van der Waals surface area contributed by atoms with E-state index in [-0.39, 0.29) is 5.92 Å². The first kappa shape index (κ1) is 14.5. The summed E-state index contributed by atoms with van der Waals surface area (Å²) in [4.78, 5) is 16.3. The van der Waals surface area contributed by atoms with Gasteiger partial charge in [-0.25, -0.2) is 9.78 Å². The molecule has 0 aliphatic heterocycles. The van der Waals surface area contributed by atoms with Gasteiger partial charge in [-0.3, -0.25) is 0 Å². The van der Waals surface area contributed by atoms with Crippen molar-refractivity contribution in [2.45, 2.75) is 26.7 Å². The van der Waals surface area contributed by atoms with E-state index in [1.54, 1.807) is 6.08 Å². The third-order valence-corrected chi connectivity index (χ3v) is 3.96. The third-order valence-electron chi connectivity index (χ3n) is 2.87. The van der Waals surface area contributed by atoms with Gasteiger partial charge in [-0.15, -0.1) is 11.3 Å². The standard InChI is InChI=1S/C16H17NO2S/c1-10(2)15-13(7-8-14(18)19)20-16(17-15)12-6-4-5-11(3)9-12/h4-10H,1-3H3,(H,18,19)/b8-7+. The van der Waals surface area contributed by atoms with Crippen LogP contribution >= 0.6 is 11.3 Å². The summed E-state index contributed by atoms with van der Waals surface area (Å²) >= 11 is 1.53. The lowest BCUT2D eigenvalue weighted by atomic mass is 10.1. The lowest BCUT2D eigenvalue weighted by molar-refractivity contribution is -0.131. The van der Waals surface area contributed by atoms with Gasteiger partial charge in [0.25, 0.3) is 0 Å². The van der Waals surface area contributed by atoms with Crippen LogP contribution in [-0.2, 0) is 4.79 Å². The molecule has 0 aliphatic rings. The van der Waals surface area contributed by atoms with Crippen molar-refractivity contribution in [2.24, 2.45) is 0 Å². The highest BCUT2D eigenvalue weighted by Gasteiger charge is 2.13. The van der Waals surface area contributed by atoms with Crippen molar-refractivity contribution < 1.29 is 9.90 Å². The molecule has 1 aromatic carbocycles. The fourth-order valence-electron chi connectivity index (χ4n) is 1.93. The fraction of sp³-hybridized carbons (Fsp3) is 0.250. The zero-order valence-electron chi connectivity index (χ0n) is 11.8. The quantitative estimate of drug-likeness (QED) is 0.851. The molecule has 4 heteroatoms. The van der Waals surface area contributed by atoms with Gasteiger partial charge in [0, 0.05) is 11.6 Å². The highest BCUT2D eigenvalue weighted by molar-refractivity contribution is 7.16. The molecule has 0 radical (unpaired) electrons. The molecule has 20 heavy (non-hydrogen) atoms. The molecule has 104 valence electrons. The maximum Gasteiger partial charge on any atom is 0.328 e. The van der Waals surface area contributed by atoms with Gasteiger partial charge in [-0.05, 0) is 25.0 Å². The topological polar surface area (TPSA) is 50.2 Å². The summed E-state index contributed by atoms with van der Waals surface area (Å²) in [5, 5.41) is 9.69. The van der Waals surface area contributed by atoms with E-state index in [1.165, 1.54) is 23.0 Å². The predicted octanol–water partition coefficient (Wildman–Crippen LogP) is 4.34. The maximum atomic E-state index is 10.7. The summed E-state index contributed by atoms with van der Waals surface area (Å²) in [6.07, 6.45) is 2.80. The van der Waals surface area contributed by atoms with Crippen LogP contribution < -0.4 is 0 Å². The Morgan fingerprint density at radius 1 is 1.40 bits per heavy atom. The van der Waals surface area contributed by atoms with Gasteiger partial charge in [0.05, 0.1) is 10.6 Å². The van der Waals surface area contributed by atoms with Crippen LogP contribution in [0.25, 0.3) is 16.6 Å². The molecule has 0 bridgehead atoms. The molecule has 2 aromatic rings. The lowest BCUT2D eigenvalue weighted by Crippen LogP contribution is -1.91. The Labute approximate surface area is 122 Å². The Morgan fingerprint density at radius 3 is 2.75 bits per heavy atom. The molecule has 0 aliphatic carbocycles. The van der Waals surface area contributed by atoms with E-state index in [2.05, 4.69) is 24.9 Å². The van der Waals surface area contributed by atoms with Crippen molar-refractivity contribution in [3.63, 3.8) is 0 Å². The van der Waals surface area contributed by atoms with Crippen LogP contribution in [0.5, 0.6) is 0 Å². The van der Waals surface area contributed by atoms with Crippen LogP contribution in [0.15, 0.2) is 30.3 Å². The molecule has 0 unspecified atom stereocenters. The summed E-state index contributed by atoms with van der Waals surface area (Å²) in [6.45, 7) is 6.17. The highest BCUT2D eigenvalue weighted by Crippen LogP contribution is 2.32.